The molecule has 1 fully saturated rings. The van der Waals surface area contributed by atoms with Crippen LogP contribution >= 0.6 is 0 Å². The summed E-state index contributed by atoms with van der Waals surface area (Å²) in [5.74, 6) is 1.31. The third-order valence-corrected chi connectivity index (χ3v) is 5.96. The summed E-state index contributed by atoms with van der Waals surface area (Å²) in [6.07, 6.45) is 6.79. The van der Waals surface area contributed by atoms with Crippen molar-refractivity contribution in [2.45, 2.75) is 32.6 Å². The van der Waals surface area contributed by atoms with Gasteiger partial charge in [0, 0.05) is 44.5 Å². The van der Waals surface area contributed by atoms with E-state index in [2.05, 4.69) is 15.3 Å². The Labute approximate surface area is 164 Å². The monoisotopic (exact) mass is 381 g/mol. The third-order valence-electron chi connectivity index (χ3n) is 5.96. The minimum atomic E-state index is -0.0137. The second-order valence-electron chi connectivity index (χ2n) is 7.89. The number of aryl methyl sites for hydroxylation is 1. The molecule has 1 unspecified atom stereocenters. The molecule has 0 radical (unpaired) electrons. The number of hydrogen-bond acceptors (Lipinski definition) is 5. The molecule has 1 saturated heterocycles. The minimum Gasteiger partial charge on any atom is -0.338 e. The normalized spacial score (nSPS) is 19.4. The molecule has 0 aliphatic carbocycles. The highest BCUT2D eigenvalue weighted by atomic mass is 16.2. The van der Waals surface area contributed by atoms with Gasteiger partial charge in [-0.3, -0.25) is 19.1 Å². The van der Waals surface area contributed by atoms with Gasteiger partial charge in [0.1, 0.15) is 5.82 Å². The van der Waals surface area contributed by atoms with E-state index < -0.39 is 0 Å². The van der Waals surface area contributed by atoms with Crippen LogP contribution in [0.15, 0.2) is 23.3 Å². The molecule has 2 aromatic rings. The number of carbonyl (C=O) groups excluding carboxylic acids is 1. The Morgan fingerprint density at radius 3 is 2.89 bits per heavy atom. The number of fused-ring (bicyclic) bond motifs is 1. The van der Waals surface area contributed by atoms with E-state index in [0.717, 1.165) is 36.3 Å². The highest BCUT2D eigenvalue weighted by Crippen LogP contribution is 2.18. The van der Waals surface area contributed by atoms with Crippen LogP contribution in [0.2, 0.25) is 0 Å². The summed E-state index contributed by atoms with van der Waals surface area (Å²) in [5, 5.41) is 3.38. The highest BCUT2D eigenvalue weighted by molar-refractivity contribution is 5.94. The van der Waals surface area contributed by atoms with Crippen LogP contribution in [0.5, 0.6) is 0 Å². The van der Waals surface area contributed by atoms with Crippen molar-refractivity contribution >= 4 is 5.91 Å². The molecular formula is C21H27N5O2. The van der Waals surface area contributed by atoms with Crippen LogP contribution < -0.4 is 10.9 Å². The van der Waals surface area contributed by atoms with E-state index in [0.29, 0.717) is 43.2 Å². The summed E-state index contributed by atoms with van der Waals surface area (Å²) >= 11 is 0. The lowest BCUT2D eigenvalue weighted by atomic mass is 9.99. The quantitative estimate of drug-likeness (QED) is 0.854. The maximum atomic E-state index is 13.1. The Bertz CT molecular complexity index is 946. The molecule has 7 nitrogen and oxygen atoms in total. The molecular weight excluding hydrogens is 354 g/mol. The van der Waals surface area contributed by atoms with E-state index in [9.17, 15) is 9.59 Å². The van der Waals surface area contributed by atoms with Crippen molar-refractivity contribution in [3.63, 3.8) is 0 Å². The van der Waals surface area contributed by atoms with E-state index in [4.69, 9.17) is 0 Å². The fourth-order valence-corrected chi connectivity index (χ4v) is 4.19. The van der Waals surface area contributed by atoms with Gasteiger partial charge in [0.25, 0.3) is 11.5 Å². The molecule has 7 heteroatoms. The third kappa shape index (κ3) is 3.71. The van der Waals surface area contributed by atoms with Crippen molar-refractivity contribution in [3.05, 3.63) is 57.0 Å². The minimum absolute atomic E-state index is 0.00522. The second kappa shape index (κ2) is 7.83. The van der Waals surface area contributed by atoms with Crippen molar-refractivity contribution in [3.8, 4) is 0 Å². The lowest BCUT2D eigenvalue weighted by molar-refractivity contribution is 0.0762. The van der Waals surface area contributed by atoms with Gasteiger partial charge in [-0.05, 0) is 56.8 Å². The number of rotatable bonds is 3. The van der Waals surface area contributed by atoms with Crippen molar-refractivity contribution in [2.24, 2.45) is 13.0 Å². The zero-order valence-electron chi connectivity index (χ0n) is 16.6. The van der Waals surface area contributed by atoms with Gasteiger partial charge in [-0.15, -0.1) is 0 Å². The van der Waals surface area contributed by atoms with Gasteiger partial charge in [-0.2, -0.15) is 0 Å². The molecule has 0 saturated carbocycles. The summed E-state index contributed by atoms with van der Waals surface area (Å²) in [4.78, 5) is 36.3. The van der Waals surface area contributed by atoms with Crippen LogP contribution in [0.25, 0.3) is 0 Å². The molecule has 148 valence electrons. The molecule has 0 bridgehead atoms. The molecule has 4 heterocycles. The van der Waals surface area contributed by atoms with E-state index >= 15 is 0 Å². The molecule has 1 N–H and O–H groups in total. The van der Waals surface area contributed by atoms with Crippen molar-refractivity contribution in [1.82, 2.24) is 24.8 Å². The van der Waals surface area contributed by atoms with Crippen LogP contribution in [0, 0.1) is 12.8 Å². The Kier molecular flexibility index (Phi) is 5.26. The van der Waals surface area contributed by atoms with Crippen molar-refractivity contribution < 1.29 is 4.79 Å². The summed E-state index contributed by atoms with van der Waals surface area (Å²) in [6, 6.07) is 1.98. The van der Waals surface area contributed by atoms with Gasteiger partial charge >= 0.3 is 0 Å². The van der Waals surface area contributed by atoms with E-state index in [1.54, 1.807) is 17.8 Å². The molecule has 2 aliphatic heterocycles. The molecule has 2 aliphatic rings. The molecule has 1 atom stereocenters. The molecule has 0 aromatic carbocycles. The fraction of sp³-hybridized carbons (Fsp3) is 0.524. The van der Waals surface area contributed by atoms with Crippen molar-refractivity contribution in [2.75, 3.05) is 26.2 Å². The topological polar surface area (TPSA) is 80.1 Å². The van der Waals surface area contributed by atoms with Gasteiger partial charge in [-0.1, -0.05) is 0 Å². The Balaban J connectivity index is 1.50. The van der Waals surface area contributed by atoms with Crippen LogP contribution in [0.3, 0.4) is 0 Å². The number of nitrogens with zero attached hydrogens (tertiary/aromatic N) is 4. The predicted molar refractivity (Wildman–Crippen MR) is 106 cm³/mol. The number of nitrogens with one attached hydrogen (secondary N) is 1. The zero-order valence-corrected chi connectivity index (χ0v) is 16.6. The average Bonchev–Trinajstić information content (AvgIpc) is 3.11. The van der Waals surface area contributed by atoms with Crippen LogP contribution in [-0.2, 0) is 26.3 Å². The van der Waals surface area contributed by atoms with E-state index in [-0.39, 0.29) is 11.5 Å². The highest BCUT2D eigenvalue weighted by Gasteiger charge is 2.24. The smallest absolute Gasteiger partial charge is 0.256 e. The predicted octanol–water partition coefficient (Wildman–Crippen LogP) is 0.877. The number of hydrogen-bond donors (Lipinski definition) is 1. The van der Waals surface area contributed by atoms with E-state index in [1.807, 2.05) is 24.1 Å². The van der Waals surface area contributed by atoms with Crippen LogP contribution in [0.1, 0.15) is 39.4 Å². The second-order valence-corrected chi connectivity index (χ2v) is 7.89. The van der Waals surface area contributed by atoms with Gasteiger partial charge in [0.2, 0.25) is 0 Å². The van der Waals surface area contributed by atoms with Gasteiger partial charge in [0.05, 0.1) is 11.3 Å². The summed E-state index contributed by atoms with van der Waals surface area (Å²) in [6.45, 7) is 5.04. The number of aromatic nitrogens is 3. The molecule has 28 heavy (non-hydrogen) atoms. The number of carbonyl (C=O) groups is 1. The van der Waals surface area contributed by atoms with Gasteiger partial charge in [-0.25, -0.2) is 4.98 Å². The first-order valence-corrected chi connectivity index (χ1v) is 10.0. The first kappa shape index (κ1) is 18.8. The van der Waals surface area contributed by atoms with E-state index in [1.165, 1.54) is 6.42 Å². The average molecular weight is 381 g/mol. The lowest BCUT2D eigenvalue weighted by Crippen LogP contribution is -2.33. The van der Waals surface area contributed by atoms with Crippen LogP contribution in [-0.4, -0.2) is 51.5 Å². The Hall–Kier alpha value is -2.54. The number of pyridine rings is 1. The largest absolute Gasteiger partial charge is 0.338 e. The summed E-state index contributed by atoms with van der Waals surface area (Å²) in [7, 11) is 1.75. The van der Waals surface area contributed by atoms with Gasteiger partial charge in [0.15, 0.2) is 0 Å². The lowest BCUT2D eigenvalue weighted by Gasteiger charge is -2.20. The van der Waals surface area contributed by atoms with Gasteiger partial charge < -0.3 is 10.2 Å². The maximum absolute atomic E-state index is 13.1. The summed E-state index contributed by atoms with van der Waals surface area (Å²) in [5.41, 5.74) is 3.32. The SMILES string of the molecule is Cc1nc2c(c(=O)n1C)CCN(C(=O)c1cncc(CC3CCNC3)c1)CC2. The molecule has 4 rings (SSSR count). The maximum Gasteiger partial charge on any atom is 0.256 e. The first-order valence-electron chi connectivity index (χ1n) is 10.0. The molecule has 1 amide bonds. The molecule has 0 spiro atoms. The standard InChI is InChI=1S/C21H27N5O2/c1-14-24-19-5-8-26(7-4-18(19)21(28)25(14)2)20(27)17-10-16(12-23-13-17)9-15-3-6-22-11-15/h10,12-13,15,22H,3-9,11H2,1-2H3. The van der Waals surface area contributed by atoms with Crippen molar-refractivity contribution in [1.29, 1.82) is 0 Å². The number of amides is 1. The fourth-order valence-electron chi connectivity index (χ4n) is 4.19. The zero-order chi connectivity index (χ0) is 19.7. The molecule has 2 aromatic heterocycles. The Morgan fingerprint density at radius 2 is 2.11 bits per heavy atom. The van der Waals surface area contributed by atoms with Crippen LogP contribution in [0.4, 0.5) is 0 Å². The Morgan fingerprint density at radius 1 is 1.29 bits per heavy atom. The first-order chi connectivity index (χ1) is 13.5. The summed E-state index contributed by atoms with van der Waals surface area (Å²) < 4.78 is 1.58.